The van der Waals surface area contributed by atoms with Crippen molar-refractivity contribution in [2.75, 3.05) is 28.4 Å². The third-order valence-electron chi connectivity index (χ3n) is 7.72. The third-order valence-corrected chi connectivity index (χ3v) is 7.72. The van der Waals surface area contributed by atoms with Crippen molar-refractivity contribution in [3.8, 4) is 0 Å². The molecule has 0 bridgehead atoms. The summed E-state index contributed by atoms with van der Waals surface area (Å²) in [6, 6.07) is 35.0. The van der Waals surface area contributed by atoms with E-state index in [9.17, 15) is 0 Å². The third kappa shape index (κ3) is 5.38. The number of hydrogen-bond acceptors (Lipinski definition) is 5. The van der Waals surface area contributed by atoms with Gasteiger partial charge in [-0.25, -0.2) is 0 Å². The fourth-order valence-electron chi connectivity index (χ4n) is 5.61. The van der Waals surface area contributed by atoms with E-state index in [2.05, 4.69) is 0 Å². The van der Waals surface area contributed by atoms with E-state index < -0.39 is 23.4 Å². The molecule has 0 N–H and O–H groups in total. The summed E-state index contributed by atoms with van der Waals surface area (Å²) in [5.74, 6) is -4.80. The van der Waals surface area contributed by atoms with Gasteiger partial charge >= 0.3 is 0 Å². The number of rotatable bonds is 12. The van der Waals surface area contributed by atoms with Gasteiger partial charge in [-0.05, 0) is 25.0 Å². The van der Waals surface area contributed by atoms with E-state index in [-0.39, 0.29) is 5.78 Å². The lowest BCUT2D eigenvalue weighted by Gasteiger charge is -2.43. The number of methoxy groups -OCH3 is 4. The topological polar surface area (TPSA) is 54.0 Å². The van der Waals surface area contributed by atoms with Crippen LogP contribution in [0.25, 0.3) is 0 Å². The Morgan fingerprint density at radius 1 is 0.500 bits per heavy atom. The van der Waals surface area contributed by atoms with Gasteiger partial charge in [-0.15, -0.1) is 0 Å². The van der Waals surface area contributed by atoms with Gasteiger partial charge in [-0.1, -0.05) is 120 Å². The largest absolute Gasteiger partial charge is 0.348 e. The van der Waals surface area contributed by atoms with E-state index in [0.29, 0.717) is 0 Å². The fourth-order valence-corrected chi connectivity index (χ4v) is 5.61. The van der Waals surface area contributed by atoms with E-state index in [1.165, 1.54) is 0 Å². The maximum absolute atomic E-state index is 15.4. The summed E-state index contributed by atoms with van der Waals surface area (Å²) in [6.45, 7) is 4.03. The van der Waals surface area contributed by atoms with Crippen molar-refractivity contribution in [2.45, 2.75) is 37.3 Å². The van der Waals surface area contributed by atoms with E-state index >= 15 is 4.79 Å². The highest BCUT2D eigenvalue weighted by Gasteiger charge is 2.55. The molecule has 4 rings (SSSR count). The number of benzene rings is 4. The van der Waals surface area contributed by atoms with Crippen LogP contribution in [0.2, 0.25) is 0 Å². The number of aryl methyl sites for hydroxylation is 2. The van der Waals surface area contributed by atoms with Crippen LogP contribution < -0.4 is 0 Å². The van der Waals surface area contributed by atoms with Crippen LogP contribution in [0.1, 0.15) is 45.2 Å². The Labute approximate surface area is 237 Å². The molecule has 40 heavy (non-hydrogen) atoms. The van der Waals surface area contributed by atoms with Crippen molar-refractivity contribution < 1.29 is 23.7 Å². The Kier molecular flexibility index (Phi) is 9.33. The zero-order valence-electron chi connectivity index (χ0n) is 24.1. The Hall–Kier alpha value is -3.61. The summed E-state index contributed by atoms with van der Waals surface area (Å²) in [5.41, 5.74) is 5.13. The van der Waals surface area contributed by atoms with Gasteiger partial charge in [0.2, 0.25) is 11.6 Å². The van der Waals surface area contributed by atoms with E-state index in [1.807, 2.05) is 123 Å². The quantitative estimate of drug-likeness (QED) is 0.181. The van der Waals surface area contributed by atoms with Crippen LogP contribution in [0, 0.1) is 13.8 Å². The molecule has 0 spiro atoms. The molecule has 0 amide bonds. The average Bonchev–Trinajstić information content (AvgIpc) is 3.01. The molecule has 0 aliphatic carbocycles. The Morgan fingerprint density at radius 3 is 1.07 bits per heavy atom. The lowest BCUT2D eigenvalue weighted by atomic mass is 9.72. The maximum Gasteiger partial charge on any atom is 0.208 e. The van der Waals surface area contributed by atoms with Crippen LogP contribution in [-0.2, 0) is 35.3 Å². The Morgan fingerprint density at radius 2 is 0.800 bits per heavy atom. The first kappa shape index (κ1) is 29.4. The van der Waals surface area contributed by atoms with Crippen LogP contribution in [0.5, 0.6) is 0 Å². The molecular weight excluding hydrogens is 500 g/mol. The van der Waals surface area contributed by atoms with Crippen molar-refractivity contribution in [2.24, 2.45) is 0 Å². The molecule has 0 fully saturated rings. The second-order valence-corrected chi connectivity index (χ2v) is 9.97. The van der Waals surface area contributed by atoms with E-state index in [0.717, 1.165) is 33.4 Å². The Bertz CT molecular complexity index is 1250. The summed E-state index contributed by atoms with van der Waals surface area (Å²) in [5, 5.41) is 0. The number of carbonyl (C=O) groups is 1. The molecular formula is C35H38O5. The summed E-state index contributed by atoms with van der Waals surface area (Å²) in [6.07, 6.45) is 0. The number of ketones is 1. The first-order valence-electron chi connectivity index (χ1n) is 13.3. The standard InChI is InChI=1S/C35H38O5/c1-25-17-21-27(22-18-25)31(34(37-3,38-4)29-13-9-7-10-14-29)33(36)32(28-23-19-26(2)20-24-28)35(39-5,40-6)30-15-11-8-12-16-30/h7-24,31-32H,1-6H3. The fraction of sp³-hybridized carbons (Fsp3) is 0.286. The highest BCUT2D eigenvalue weighted by Crippen LogP contribution is 2.49. The molecule has 5 heteroatoms. The number of carbonyl (C=O) groups excluding carboxylic acids is 1. The molecule has 4 aromatic carbocycles. The van der Waals surface area contributed by atoms with Crippen molar-refractivity contribution >= 4 is 5.78 Å². The molecule has 0 aromatic heterocycles. The van der Waals surface area contributed by atoms with Gasteiger partial charge in [0.05, 0.1) is 0 Å². The highest BCUT2D eigenvalue weighted by molar-refractivity contribution is 5.94. The highest BCUT2D eigenvalue weighted by atomic mass is 16.7. The van der Waals surface area contributed by atoms with E-state index in [4.69, 9.17) is 18.9 Å². The minimum Gasteiger partial charge on any atom is -0.348 e. The van der Waals surface area contributed by atoms with Crippen molar-refractivity contribution in [1.29, 1.82) is 0 Å². The lowest BCUT2D eigenvalue weighted by Crippen LogP contribution is -2.49. The number of ether oxygens (including phenoxy) is 4. The Balaban J connectivity index is 2.04. The zero-order chi connectivity index (χ0) is 28.8. The zero-order valence-corrected chi connectivity index (χ0v) is 24.1. The second kappa shape index (κ2) is 12.7. The van der Waals surface area contributed by atoms with E-state index in [1.54, 1.807) is 28.4 Å². The van der Waals surface area contributed by atoms with Crippen molar-refractivity contribution in [3.05, 3.63) is 143 Å². The summed E-state index contributed by atoms with van der Waals surface area (Å²) in [4.78, 5) is 15.4. The van der Waals surface area contributed by atoms with Crippen LogP contribution in [0.15, 0.2) is 109 Å². The first-order valence-corrected chi connectivity index (χ1v) is 13.3. The molecule has 0 radical (unpaired) electrons. The summed E-state index contributed by atoms with van der Waals surface area (Å²) in [7, 11) is 6.29. The number of hydrogen-bond donors (Lipinski definition) is 0. The van der Waals surface area contributed by atoms with Crippen LogP contribution in [-0.4, -0.2) is 34.2 Å². The lowest BCUT2D eigenvalue weighted by molar-refractivity contribution is -0.245. The van der Waals surface area contributed by atoms with Crippen molar-refractivity contribution in [3.63, 3.8) is 0 Å². The van der Waals surface area contributed by atoms with Crippen molar-refractivity contribution in [1.82, 2.24) is 0 Å². The molecule has 0 aliphatic heterocycles. The molecule has 0 heterocycles. The molecule has 5 nitrogen and oxygen atoms in total. The first-order chi connectivity index (χ1) is 19.4. The average molecular weight is 539 g/mol. The summed E-state index contributed by atoms with van der Waals surface area (Å²) < 4.78 is 24.8. The van der Waals surface area contributed by atoms with Crippen LogP contribution in [0.4, 0.5) is 0 Å². The normalized spacial score (nSPS) is 13.6. The van der Waals surface area contributed by atoms with Gasteiger partial charge in [0, 0.05) is 39.6 Å². The second-order valence-electron chi connectivity index (χ2n) is 9.97. The van der Waals surface area contributed by atoms with Gasteiger partial charge < -0.3 is 18.9 Å². The van der Waals surface area contributed by atoms with Crippen LogP contribution in [0.3, 0.4) is 0 Å². The number of Topliss-reactive ketones (excluding diaryl/α,β-unsaturated/α-hetero) is 1. The van der Waals surface area contributed by atoms with Gasteiger partial charge in [0.1, 0.15) is 11.8 Å². The molecule has 0 saturated carbocycles. The van der Waals surface area contributed by atoms with Gasteiger partial charge in [0.25, 0.3) is 0 Å². The maximum atomic E-state index is 15.4. The smallest absolute Gasteiger partial charge is 0.208 e. The molecule has 2 unspecified atom stereocenters. The molecule has 0 saturated heterocycles. The molecule has 208 valence electrons. The van der Waals surface area contributed by atoms with Crippen LogP contribution >= 0.6 is 0 Å². The predicted octanol–water partition coefficient (Wildman–Crippen LogP) is 7.03. The van der Waals surface area contributed by atoms with Gasteiger partial charge in [-0.2, -0.15) is 0 Å². The van der Waals surface area contributed by atoms with Gasteiger partial charge in [0.15, 0.2) is 5.78 Å². The molecule has 2 atom stereocenters. The summed E-state index contributed by atoms with van der Waals surface area (Å²) >= 11 is 0. The monoisotopic (exact) mass is 538 g/mol. The minimum absolute atomic E-state index is 0.173. The van der Waals surface area contributed by atoms with Gasteiger partial charge in [-0.3, -0.25) is 4.79 Å². The minimum atomic E-state index is -1.43. The predicted molar refractivity (Wildman–Crippen MR) is 157 cm³/mol. The SMILES string of the molecule is COC(OC)(c1ccccc1)C(C(=O)C(c1ccc(C)cc1)C(OC)(OC)c1ccccc1)c1ccc(C)cc1. The molecule has 4 aromatic rings. The molecule has 0 aliphatic rings.